The highest BCUT2D eigenvalue weighted by molar-refractivity contribution is 5.38. The summed E-state index contributed by atoms with van der Waals surface area (Å²) >= 11 is 0. The van der Waals surface area contributed by atoms with Crippen molar-refractivity contribution in [3.63, 3.8) is 0 Å². The molecule has 0 aliphatic heterocycles. The van der Waals surface area contributed by atoms with Gasteiger partial charge in [-0.2, -0.15) is 0 Å². The van der Waals surface area contributed by atoms with Gasteiger partial charge in [-0.1, -0.05) is 20.8 Å². The van der Waals surface area contributed by atoms with Gasteiger partial charge in [-0.05, 0) is 24.3 Å². The van der Waals surface area contributed by atoms with E-state index in [4.69, 9.17) is 4.74 Å². The third-order valence-corrected chi connectivity index (χ3v) is 3.96. The van der Waals surface area contributed by atoms with E-state index in [1.54, 1.807) is 6.08 Å². The van der Waals surface area contributed by atoms with Gasteiger partial charge in [0, 0.05) is 17.8 Å². The zero-order valence-corrected chi connectivity index (χ0v) is 10.1. The van der Waals surface area contributed by atoms with Gasteiger partial charge in [0.15, 0.2) is 0 Å². The highest BCUT2D eigenvalue weighted by Crippen LogP contribution is 2.52. The molecule has 0 radical (unpaired) electrons. The molecule has 0 aromatic heterocycles. The predicted molar refractivity (Wildman–Crippen MR) is 59.3 cm³/mol. The monoisotopic (exact) mass is 226 g/mol. The fraction of sp³-hybridized carbons (Fsp3) is 0.769. The first-order valence-electron chi connectivity index (χ1n) is 5.91. The third kappa shape index (κ3) is 1.76. The number of hydrogen-bond donors (Lipinski definition) is 0. The van der Waals surface area contributed by atoms with Gasteiger partial charge in [0.1, 0.15) is 6.10 Å². The number of ether oxygens (including phenoxy) is 1. The lowest BCUT2D eigenvalue weighted by Gasteiger charge is -2.49. The molecule has 0 amide bonds. The number of carbonyl (C=O) groups excluding carboxylic acids is 1. The number of allylic oxidation sites excluding steroid dienone is 1. The second kappa shape index (κ2) is 3.86. The summed E-state index contributed by atoms with van der Waals surface area (Å²) in [6.07, 6.45) is 3.33. The summed E-state index contributed by atoms with van der Waals surface area (Å²) in [7, 11) is 0. The van der Waals surface area contributed by atoms with Crippen LogP contribution in [-0.2, 0) is 9.53 Å². The molecule has 2 bridgehead atoms. The first-order chi connectivity index (χ1) is 7.45. The maximum atomic E-state index is 13.8. The van der Waals surface area contributed by atoms with Crippen molar-refractivity contribution < 1.29 is 13.9 Å². The van der Waals surface area contributed by atoms with Crippen LogP contribution in [0.5, 0.6) is 0 Å². The predicted octanol–water partition coefficient (Wildman–Crippen LogP) is 3.08. The van der Waals surface area contributed by atoms with Crippen LogP contribution in [0.15, 0.2) is 11.9 Å². The standard InChI is InChI=1S/C13H19FO2/c1-13(2,3)11-9-5-4-8(6-10(9)14)12(11)16-7-15/h6-9,11-12H,4-5H2,1-3H3. The first-order valence-corrected chi connectivity index (χ1v) is 5.91. The molecule has 2 nitrogen and oxygen atoms in total. The van der Waals surface area contributed by atoms with E-state index in [0.29, 0.717) is 6.47 Å². The molecule has 0 aromatic rings. The molecule has 4 atom stereocenters. The molecule has 1 saturated carbocycles. The molecule has 4 unspecified atom stereocenters. The minimum Gasteiger partial charge on any atom is -0.464 e. The average molecular weight is 226 g/mol. The van der Waals surface area contributed by atoms with Crippen molar-refractivity contribution >= 4 is 6.47 Å². The SMILES string of the molecule is CC(C)(C)C1C2CCC(C=C2F)C1OC=O. The van der Waals surface area contributed by atoms with E-state index in [1.165, 1.54) is 0 Å². The van der Waals surface area contributed by atoms with Crippen molar-refractivity contribution in [1.29, 1.82) is 0 Å². The van der Waals surface area contributed by atoms with Gasteiger partial charge >= 0.3 is 0 Å². The Morgan fingerprint density at radius 2 is 2.12 bits per heavy atom. The van der Waals surface area contributed by atoms with Gasteiger partial charge in [-0.25, -0.2) is 4.39 Å². The summed E-state index contributed by atoms with van der Waals surface area (Å²) in [5.41, 5.74) is -0.0391. The Hall–Kier alpha value is -0.860. The normalized spacial score (nSPS) is 38.1. The van der Waals surface area contributed by atoms with E-state index in [-0.39, 0.29) is 35.1 Å². The zero-order chi connectivity index (χ0) is 11.9. The summed E-state index contributed by atoms with van der Waals surface area (Å²) in [6.45, 7) is 6.78. The van der Waals surface area contributed by atoms with Crippen molar-refractivity contribution in [2.45, 2.75) is 39.7 Å². The van der Waals surface area contributed by atoms with Gasteiger partial charge in [0.25, 0.3) is 6.47 Å². The lowest BCUT2D eigenvalue weighted by molar-refractivity contribution is -0.149. The molecule has 0 saturated heterocycles. The lowest BCUT2D eigenvalue weighted by atomic mass is 9.58. The van der Waals surface area contributed by atoms with E-state index in [2.05, 4.69) is 20.8 Å². The van der Waals surface area contributed by atoms with E-state index < -0.39 is 0 Å². The van der Waals surface area contributed by atoms with Crippen LogP contribution in [0.3, 0.4) is 0 Å². The van der Waals surface area contributed by atoms with Crippen molar-refractivity contribution in [3.05, 3.63) is 11.9 Å². The molecular weight excluding hydrogens is 207 g/mol. The Bertz CT molecular complexity index is 316. The van der Waals surface area contributed by atoms with E-state index in [0.717, 1.165) is 12.8 Å². The molecule has 0 N–H and O–H groups in total. The van der Waals surface area contributed by atoms with Gasteiger partial charge < -0.3 is 4.74 Å². The van der Waals surface area contributed by atoms with Crippen molar-refractivity contribution in [3.8, 4) is 0 Å². The van der Waals surface area contributed by atoms with Gasteiger partial charge in [0.05, 0.1) is 5.83 Å². The molecule has 1 fully saturated rings. The second-order valence-electron chi connectivity index (χ2n) is 5.99. The molecule has 0 spiro atoms. The van der Waals surface area contributed by atoms with Crippen LogP contribution in [0.4, 0.5) is 4.39 Å². The number of halogens is 1. The summed E-state index contributed by atoms with van der Waals surface area (Å²) in [6, 6.07) is 0. The maximum absolute atomic E-state index is 13.8. The molecule has 3 aliphatic rings. The van der Waals surface area contributed by atoms with Gasteiger partial charge in [0.2, 0.25) is 0 Å². The molecule has 16 heavy (non-hydrogen) atoms. The average Bonchev–Trinajstić information content (AvgIpc) is 2.18. The highest BCUT2D eigenvalue weighted by Gasteiger charge is 2.50. The number of rotatable bonds is 2. The Kier molecular flexibility index (Phi) is 2.81. The van der Waals surface area contributed by atoms with Crippen molar-refractivity contribution in [1.82, 2.24) is 0 Å². The topological polar surface area (TPSA) is 26.3 Å². The Morgan fingerprint density at radius 3 is 2.62 bits per heavy atom. The van der Waals surface area contributed by atoms with Crippen LogP contribution >= 0.6 is 0 Å². The van der Waals surface area contributed by atoms with Crippen molar-refractivity contribution in [2.24, 2.45) is 23.2 Å². The Labute approximate surface area is 95.9 Å². The van der Waals surface area contributed by atoms with E-state index in [9.17, 15) is 9.18 Å². The van der Waals surface area contributed by atoms with Crippen LogP contribution in [0, 0.1) is 23.2 Å². The smallest absolute Gasteiger partial charge is 0.293 e. The minimum absolute atomic E-state index is 0.00178. The molecule has 3 aliphatic carbocycles. The molecule has 0 heterocycles. The Balaban J connectivity index is 2.33. The molecule has 0 aromatic carbocycles. The van der Waals surface area contributed by atoms with Crippen LogP contribution in [0.1, 0.15) is 33.6 Å². The summed E-state index contributed by atoms with van der Waals surface area (Å²) in [5, 5.41) is 0. The molecule has 3 rings (SSSR count). The van der Waals surface area contributed by atoms with E-state index >= 15 is 0 Å². The first kappa shape index (κ1) is 11.6. The fourth-order valence-electron chi connectivity index (χ4n) is 3.37. The minimum atomic E-state index is -0.143. The highest BCUT2D eigenvalue weighted by atomic mass is 19.1. The third-order valence-electron chi connectivity index (χ3n) is 3.96. The number of hydrogen-bond acceptors (Lipinski definition) is 2. The maximum Gasteiger partial charge on any atom is 0.293 e. The van der Waals surface area contributed by atoms with Gasteiger partial charge in [-0.3, -0.25) is 4.79 Å². The molecule has 90 valence electrons. The van der Waals surface area contributed by atoms with Crippen LogP contribution in [0.25, 0.3) is 0 Å². The summed E-state index contributed by atoms with van der Waals surface area (Å²) in [5.74, 6) is 0.109. The summed E-state index contributed by atoms with van der Waals surface area (Å²) in [4.78, 5) is 10.6. The van der Waals surface area contributed by atoms with Gasteiger partial charge in [-0.15, -0.1) is 0 Å². The van der Waals surface area contributed by atoms with Crippen LogP contribution < -0.4 is 0 Å². The molecular formula is C13H19FO2. The van der Waals surface area contributed by atoms with E-state index in [1.807, 2.05) is 0 Å². The lowest BCUT2D eigenvalue weighted by Crippen LogP contribution is -2.49. The largest absolute Gasteiger partial charge is 0.464 e. The molecule has 3 heteroatoms. The zero-order valence-electron chi connectivity index (χ0n) is 10.1. The number of fused-ring (bicyclic) bond motifs is 2. The number of carbonyl (C=O) groups is 1. The second-order valence-corrected chi connectivity index (χ2v) is 5.99. The van der Waals surface area contributed by atoms with Crippen LogP contribution in [0.2, 0.25) is 0 Å². The quantitative estimate of drug-likeness (QED) is 0.676. The van der Waals surface area contributed by atoms with Crippen molar-refractivity contribution in [2.75, 3.05) is 0 Å². The summed E-state index contributed by atoms with van der Waals surface area (Å²) < 4.78 is 19.0. The fourth-order valence-corrected chi connectivity index (χ4v) is 3.37. The Morgan fingerprint density at radius 1 is 1.44 bits per heavy atom. The van der Waals surface area contributed by atoms with Crippen LogP contribution in [-0.4, -0.2) is 12.6 Å².